The Morgan fingerprint density at radius 3 is 2.44 bits per heavy atom. The second-order valence-electron chi connectivity index (χ2n) is 7.15. The van der Waals surface area contributed by atoms with Crippen molar-refractivity contribution in [3.63, 3.8) is 0 Å². The zero-order valence-electron chi connectivity index (χ0n) is 12.8. The lowest BCUT2D eigenvalue weighted by Crippen LogP contribution is -2.46. The summed E-state index contributed by atoms with van der Waals surface area (Å²) in [5, 5.41) is 0. The summed E-state index contributed by atoms with van der Waals surface area (Å²) < 4.78 is 0. The van der Waals surface area contributed by atoms with Gasteiger partial charge < -0.3 is 10.6 Å². The van der Waals surface area contributed by atoms with Crippen molar-refractivity contribution in [1.82, 2.24) is 4.90 Å². The molecule has 106 valence electrons. The maximum absolute atomic E-state index is 12.7. The Kier molecular flexibility index (Phi) is 4.82. The molecule has 1 atom stereocenters. The van der Waals surface area contributed by atoms with Crippen LogP contribution >= 0.6 is 0 Å². The molecule has 0 saturated heterocycles. The Hall–Kier alpha value is -0.570. The minimum Gasteiger partial charge on any atom is -0.342 e. The van der Waals surface area contributed by atoms with Crippen LogP contribution in [0.1, 0.15) is 53.9 Å². The predicted octanol–water partition coefficient (Wildman–Crippen LogP) is 2.65. The van der Waals surface area contributed by atoms with Gasteiger partial charge in [-0.3, -0.25) is 4.79 Å². The number of amides is 1. The number of nitrogens with zero attached hydrogens (tertiary/aromatic N) is 1. The second kappa shape index (κ2) is 5.60. The fourth-order valence-corrected chi connectivity index (χ4v) is 2.93. The van der Waals surface area contributed by atoms with Gasteiger partial charge in [0.25, 0.3) is 0 Å². The third kappa shape index (κ3) is 3.47. The van der Waals surface area contributed by atoms with Crippen molar-refractivity contribution in [2.24, 2.45) is 22.5 Å². The number of nitrogens with two attached hydrogens (primary N) is 1. The lowest BCUT2D eigenvalue weighted by molar-refractivity contribution is -0.139. The number of hydrogen-bond donors (Lipinski definition) is 1. The van der Waals surface area contributed by atoms with Gasteiger partial charge in [0.1, 0.15) is 0 Å². The van der Waals surface area contributed by atoms with Crippen LogP contribution < -0.4 is 5.73 Å². The van der Waals surface area contributed by atoms with Crippen LogP contribution in [-0.2, 0) is 4.79 Å². The van der Waals surface area contributed by atoms with Gasteiger partial charge in [0.05, 0.1) is 0 Å². The fourth-order valence-electron chi connectivity index (χ4n) is 2.93. The summed E-state index contributed by atoms with van der Waals surface area (Å²) in [7, 11) is 0. The molecule has 1 unspecified atom stereocenters. The molecule has 2 N–H and O–H groups in total. The molecule has 3 nitrogen and oxygen atoms in total. The number of hydrogen-bond acceptors (Lipinski definition) is 2. The highest BCUT2D eigenvalue weighted by molar-refractivity contribution is 5.80. The highest BCUT2D eigenvalue weighted by atomic mass is 16.2. The zero-order valence-corrected chi connectivity index (χ0v) is 12.8. The Morgan fingerprint density at radius 2 is 2.06 bits per heavy atom. The normalized spacial score (nSPS) is 23.1. The fraction of sp³-hybridized carbons (Fsp3) is 0.933. The van der Waals surface area contributed by atoms with Gasteiger partial charge in [-0.1, -0.05) is 34.1 Å². The molecule has 1 rings (SSSR count). The summed E-state index contributed by atoms with van der Waals surface area (Å²) in [4.78, 5) is 14.7. The highest BCUT2D eigenvalue weighted by Crippen LogP contribution is 2.43. The Morgan fingerprint density at radius 1 is 1.44 bits per heavy atom. The third-order valence-electron chi connectivity index (χ3n) is 4.42. The van der Waals surface area contributed by atoms with E-state index in [1.165, 1.54) is 12.8 Å². The van der Waals surface area contributed by atoms with Gasteiger partial charge in [-0.25, -0.2) is 0 Å². The minimum absolute atomic E-state index is 0.00835. The van der Waals surface area contributed by atoms with Crippen molar-refractivity contribution in [2.45, 2.75) is 53.9 Å². The standard InChI is InChI=1S/C15H30N2O/c1-6-17(11-14(2,3)10-16)13(18)12-8-7-9-15(12,4)5/h12H,6-11,16H2,1-5H3. The molecule has 0 aromatic heterocycles. The molecule has 0 bridgehead atoms. The molecule has 0 heterocycles. The molecule has 18 heavy (non-hydrogen) atoms. The Labute approximate surface area is 112 Å². The van der Waals surface area contributed by atoms with Gasteiger partial charge >= 0.3 is 0 Å². The van der Waals surface area contributed by atoms with E-state index in [4.69, 9.17) is 5.73 Å². The summed E-state index contributed by atoms with van der Waals surface area (Å²) in [5.41, 5.74) is 5.95. The first-order valence-electron chi connectivity index (χ1n) is 7.22. The van der Waals surface area contributed by atoms with Crippen LogP contribution in [0.4, 0.5) is 0 Å². The molecule has 1 saturated carbocycles. The first-order chi connectivity index (χ1) is 8.23. The molecule has 1 amide bonds. The molecular formula is C15H30N2O. The number of rotatable bonds is 5. The van der Waals surface area contributed by atoms with Crippen LogP contribution in [0.25, 0.3) is 0 Å². The number of carbonyl (C=O) groups excluding carboxylic acids is 1. The van der Waals surface area contributed by atoms with E-state index in [1.807, 2.05) is 4.90 Å². The minimum atomic E-state index is 0.00835. The van der Waals surface area contributed by atoms with E-state index >= 15 is 0 Å². The molecule has 1 aliphatic rings. The van der Waals surface area contributed by atoms with Gasteiger partial charge in [0.2, 0.25) is 5.91 Å². The smallest absolute Gasteiger partial charge is 0.226 e. The molecule has 0 aliphatic heterocycles. The second-order valence-corrected chi connectivity index (χ2v) is 7.15. The third-order valence-corrected chi connectivity index (χ3v) is 4.42. The monoisotopic (exact) mass is 254 g/mol. The van der Waals surface area contributed by atoms with Crippen molar-refractivity contribution in [3.8, 4) is 0 Å². The van der Waals surface area contributed by atoms with E-state index in [1.54, 1.807) is 0 Å². The quantitative estimate of drug-likeness (QED) is 0.820. The predicted molar refractivity (Wildman–Crippen MR) is 76.2 cm³/mol. The van der Waals surface area contributed by atoms with Crippen LogP contribution in [0.5, 0.6) is 0 Å². The van der Waals surface area contributed by atoms with Crippen molar-refractivity contribution >= 4 is 5.91 Å². The zero-order chi connectivity index (χ0) is 14.0. The SMILES string of the molecule is CCN(CC(C)(C)CN)C(=O)C1CCCC1(C)C. The van der Waals surface area contributed by atoms with Gasteiger partial charge in [-0.15, -0.1) is 0 Å². The average Bonchev–Trinajstić information content (AvgIpc) is 2.65. The molecule has 0 aromatic rings. The number of carbonyl (C=O) groups is 1. The molecular weight excluding hydrogens is 224 g/mol. The Balaban J connectivity index is 2.74. The lowest BCUT2D eigenvalue weighted by Gasteiger charge is -2.36. The summed E-state index contributed by atoms with van der Waals surface area (Å²) >= 11 is 0. The van der Waals surface area contributed by atoms with Crippen molar-refractivity contribution in [2.75, 3.05) is 19.6 Å². The molecule has 1 aliphatic carbocycles. The molecule has 0 spiro atoms. The van der Waals surface area contributed by atoms with E-state index in [0.717, 1.165) is 19.5 Å². The lowest BCUT2D eigenvalue weighted by atomic mass is 9.80. The van der Waals surface area contributed by atoms with E-state index < -0.39 is 0 Å². The molecule has 0 radical (unpaired) electrons. The average molecular weight is 254 g/mol. The van der Waals surface area contributed by atoms with Gasteiger partial charge in [0, 0.05) is 19.0 Å². The van der Waals surface area contributed by atoms with Gasteiger partial charge in [0.15, 0.2) is 0 Å². The molecule has 0 aromatic carbocycles. The van der Waals surface area contributed by atoms with Crippen molar-refractivity contribution in [3.05, 3.63) is 0 Å². The van der Waals surface area contributed by atoms with Crippen molar-refractivity contribution in [1.29, 1.82) is 0 Å². The van der Waals surface area contributed by atoms with Crippen LogP contribution in [-0.4, -0.2) is 30.4 Å². The van der Waals surface area contributed by atoms with E-state index in [9.17, 15) is 4.79 Å². The molecule has 3 heteroatoms. The van der Waals surface area contributed by atoms with Crippen LogP contribution in [0.15, 0.2) is 0 Å². The topological polar surface area (TPSA) is 46.3 Å². The van der Waals surface area contributed by atoms with Gasteiger partial charge in [-0.2, -0.15) is 0 Å². The largest absolute Gasteiger partial charge is 0.342 e. The first kappa shape index (κ1) is 15.5. The maximum atomic E-state index is 12.7. The van der Waals surface area contributed by atoms with Crippen LogP contribution in [0.3, 0.4) is 0 Å². The highest BCUT2D eigenvalue weighted by Gasteiger charge is 2.41. The van der Waals surface area contributed by atoms with Crippen molar-refractivity contribution < 1.29 is 4.79 Å². The molecule has 1 fully saturated rings. The summed E-state index contributed by atoms with van der Waals surface area (Å²) in [6.07, 6.45) is 3.40. The Bertz CT molecular complexity index is 297. The van der Waals surface area contributed by atoms with E-state index in [-0.39, 0.29) is 16.7 Å². The summed E-state index contributed by atoms with van der Waals surface area (Å²) in [5.74, 6) is 0.535. The van der Waals surface area contributed by atoms with E-state index in [2.05, 4.69) is 34.6 Å². The van der Waals surface area contributed by atoms with Crippen LogP contribution in [0, 0.1) is 16.7 Å². The van der Waals surface area contributed by atoms with Gasteiger partial charge in [-0.05, 0) is 37.1 Å². The van der Waals surface area contributed by atoms with E-state index in [0.29, 0.717) is 12.5 Å². The first-order valence-corrected chi connectivity index (χ1v) is 7.22. The summed E-state index contributed by atoms with van der Waals surface area (Å²) in [6, 6.07) is 0. The van der Waals surface area contributed by atoms with Crippen LogP contribution in [0.2, 0.25) is 0 Å². The maximum Gasteiger partial charge on any atom is 0.226 e. The summed E-state index contributed by atoms with van der Waals surface area (Å²) in [6.45, 7) is 12.9.